The lowest BCUT2D eigenvalue weighted by Gasteiger charge is -2.39. The third kappa shape index (κ3) is 16.8. The number of likely N-dealkylation sites (N-methyl/N-ethyl adjacent to an activating group) is 4. The Morgan fingerprint density at radius 2 is 1.10 bits per heavy atom. The highest BCUT2D eigenvalue weighted by Gasteiger charge is 2.48. The molecule has 438 valence electrons. The molecule has 2 aromatic carbocycles. The van der Waals surface area contributed by atoms with Crippen LogP contribution in [0.15, 0.2) is 60.7 Å². The molecular formula is C59H90N8O12. The predicted molar refractivity (Wildman–Crippen MR) is 298 cm³/mol. The number of ether oxygens (including phenoxy) is 1. The summed E-state index contributed by atoms with van der Waals surface area (Å²) in [6, 6.07) is 7.64. The third-order valence-corrected chi connectivity index (χ3v) is 15.3. The van der Waals surface area contributed by atoms with Gasteiger partial charge in [-0.25, -0.2) is 4.79 Å². The standard InChI is InChI=1S/C59H90N8O12/c1-15-38(8)48-57(76)65(13)47(37(6)7)52(71)62-43(33-39-24-18-16-19-25-39)54(73)63(11)45(34-40-26-20-17-21-27-40)56(75)67-30-22-29-44(67)50(69)60-41(28-23-31-68)53(72)64(12)46(36(4)5)51(70)61-42(32-35(2)3)55(74)66(14)49(58(77)79-48)59(9,10)78/h16-21,24-27,35-38,41-49,68,78H,15,22-23,28-34H2,1-14H3,(H,60,69)(H,61,70)(H,62,71)/t38-,41+,42+,43+,44+,45+,46+,47+,48-,49-/m1/s1. The van der Waals surface area contributed by atoms with Crippen molar-refractivity contribution < 1.29 is 58.1 Å². The van der Waals surface area contributed by atoms with Gasteiger partial charge in [-0.2, -0.15) is 0 Å². The fourth-order valence-corrected chi connectivity index (χ4v) is 10.9. The van der Waals surface area contributed by atoms with E-state index >= 15 is 9.59 Å². The maximum atomic E-state index is 15.2. The normalized spacial score (nSPS) is 26.1. The summed E-state index contributed by atoms with van der Waals surface area (Å²) in [5.41, 5.74) is -0.602. The number of benzene rings is 2. The molecule has 4 rings (SSSR count). The van der Waals surface area contributed by atoms with Crippen LogP contribution in [0.4, 0.5) is 0 Å². The van der Waals surface area contributed by atoms with Gasteiger partial charge in [0.1, 0.15) is 42.3 Å². The summed E-state index contributed by atoms with van der Waals surface area (Å²) in [6.45, 7) is 16.4. The molecule has 0 aliphatic carbocycles. The zero-order valence-corrected chi connectivity index (χ0v) is 49.1. The maximum absolute atomic E-state index is 15.2. The van der Waals surface area contributed by atoms with Crippen LogP contribution in [0.2, 0.25) is 0 Å². The summed E-state index contributed by atoms with van der Waals surface area (Å²) >= 11 is 0. The second-order valence-electron chi connectivity index (χ2n) is 23.2. The van der Waals surface area contributed by atoms with Gasteiger partial charge in [0.15, 0.2) is 12.1 Å². The molecule has 0 bridgehead atoms. The van der Waals surface area contributed by atoms with Crippen LogP contribution in [-0.4, -0.2) is 189 Å². The Balaban J connectivity index is 1.97. The number of hydrogen-bond donors (Lipinski definition) is 5. The second-order valence-corrected chi connectivity index (χ2v) is 23.2. The molecule has 79 heavy (non-hydrogen) atoms. The number of nitrogens with zero attached hydrogens (tertiary/aromatic N) is 5. The van der Waals surface area contributed by atoms with Gasteiger partial charge in [-0.3, -0.25) is 38.4 Å². The topological polar surface area (TPSA) is 256 Å². The van der Waals surface area contributed by atoms with E-state index in [0.717, 1.165) is 4.90 Å². The molecule has 2 fully saturated rings. The Morgan fingerprint density at radius 1 is 0.620 bits per heavy atom. The Hall–Kier alpha value is -6.41. The predicted octanol–water partition coefficient (Wildman–Crippen LogP) is 3.10. The lowest BCUT2D eigenvalue weighted by molar-refractivity contribution is -0.177. The monoisotopic (exact) mass is 1100 g/mol. The first-order chi connectivity index (χ1) is 37.1. The van der Waals surface area contributed by atoms with Crippen LogP contribution in [0.1, 0.15) is 119 Å². The number of esters is 1. The number of cyclic esters (lactones) is 1. The molecule has 5 N–H and O–H groups in total. The summed E-state index contributed by atoms with van der Waals surface area (Å²) in [4.78, 5) is 140. The smallest absolute Gasteiger partial charge is 0.332 e. The number of hydrogen-bond acceptors (Lipinski definition) is 12. The van der Waals surface area contributed by atoms with Crippen molar-refractivity contribution in [2.45, 2.75) is 181 Å². The lowest BCUT2D eigenvalue weighted by Crippen LogP contribution is -2.62. The van der Waals surface area contributed by atoms with Crippen LogP contribution in [0.3, 0.4) is 0 Å². The van der Waals surface area contributed by atoms with Crippen molar-refractivity contribution in [1.82, 2.24) is 40.4 Å². The molecule has 20 nitrogen and oxygen atoms in total. The van der Waals surface area contributed by atoms with Crippen molar-refractivity contribution in [1.29, 1.82) is 0 Å². The van der Waals surface area contributed by atoms with Crippen LogP contribution < -0.4 is 16.0 Å². The first kappa shape index (κ1) is 65.1. The first-order valence-corrected chi connectivity index (χ1v) is 28.0. The second kappa shape index (κ2) is 29.2. The minimum atomic E-state index is -1.99. The van der Waals surface area contributed by atoms with Crippen LogP contribution in [0.5, 0.6) is 0 Å². The third-order valence-electron chi connectivity index (χ3n) is 15.3. The SMILES string of the molecule is CC[C@@H](C)[C@H]1OC(=O)[C@H](C(C)(C)O)N(C)C(=O)[C@H](CC(C)C)NC(=O)[C@H](C(C)C)N(C)C(=O)[C@H](CCCO)NC(=O)[C@@H]2CCCN2C(=O)[C@H](Cc2ccccc2)N(C)C(=O)[C@H](Cc2ccccc2)NC(=O)[C@H](C(C)C)N(C)C1=O. The minimum absolute atomic E-state index is 0.0224. The quantitative estimate of drug-likeness (QED) is 0.171. The number of fused-ring (bicyclic) bond motifs is 1. The lowest BCUT2D eigenvalue weighted by atomic mass is 9.94. The molecule has 0 saturated carbocycles. The number of carbonyl (C=O) groups is 9. The van der Waals surface area contributed by atoms with Gasteiger partial charge in [-0.15, -0.1) is 0 Å². The van der Waals surface area contributed by atoms with Crippen LogP contribution in [0, 0.1) is 23.7 Å². The van der Waals surface area contributed by atoms with Crippen molar-refractivity contribution in [3.05, 3.63) is 71.8 Å². The largest absolute Gasteiger partial charge is 0.450 e. The first-order valence-electron chi connectivity index (χ1n) is 28.0. The number of amides is 8. The fraction of sp³-hybridized carbons (Fsp3) is 0.644. The highest BCUT2D eigenvalue weighted by atomic mass is 16.6. The van der Waals surface area contributed by atoms with E-state index in [4.69, 9.17) is 4.74 Å². The molecule has 0 aromatic heterocycles. The van der Waals surface area contributed by atoms with Gasteiger partial charge in [-0.1, -0.05) is 116 Å². The zero-order chi connectivity index (χ0) is 59.2. The van der Waals surface area contributed by atoms with Crippen molar-refractivity contribution in [2.75, 3.05) is 41.3 Å². The van der Waals surface area contributed by atoms with Gasteiger partial charge in [0.05, 0.1) is 5.60 Å². The van der Waals surface area contributed by atoms with Crippen LogP contribution >= 0.6 is 0 Å². The highest BCUT2D eigenvalue weighted by molar-refractivity contribution is 5.99. The van der Waals surface area contributed by atoms with E-state index in [2.05, 4.69) is 16.0 Å². The van der Waals surface area contributed by atoms with E-state index < -0.39 is 131 Å². The number of aliphatic hydroxyl groups is 2. The number of aliphatic hydroxyl groups excluding tert-OH is 1. The van der Waals surface area contributed by atoms with Crippen molar-refractivity contribution in [3.63, 3.8) is 0 Å². The number of nitrogens with one attached hydrogen (secondary N) is 3. The average molecular weight is 1100 g/mol. The number of rotatable bonds is 14. The van der Waals surface area contributed by atoms with Gasteiger partial charge < -0.3 is 55.4 Å². The number of carbonyl (C=O) groups excluding carboxylic acids is 9. The molecule has 20 heteroatoms. The Morgan fingerprint density at radius 3 is 1.59 bits per heavy atom. The van der Waals surface area contributed by atoms with Gasteiger partial charge in [0.2, 0.25) is 41.4 Å². The van der Waals surface area contributed by atoms with Crippen molar-refractivity contribution in [2.24, 2.45) is 23.7 Å². The van der Waals surface area contributed by atoms with Crippen LogP contribution in [0.25, 0.3) is 0 Å². The van der Waals surface area contributed by atoms with Gasteiger partial charge in [-0.05, 0) is 81.3 Å². The highest BCUT2D eigenvalue weighted by Crippen LogP contribution is 2.27. The fourth-order valence-electron chi connectivity index (χ4n) is 10.9. The summed E-state index contributed by atoms with van der Waals surface area (Å²) < 4.78 is 6.08. The Labute approximate surface area is 467 Å². The molecule has 10 atom stereocenters. The molecule has 2 aliphatic heterocycles. The molecule has 0 spiro atoms. The van der Waals surface area contributed by atoms with Gasteiger partial charge in [0.25, 0.3) is 5.91 Å². The summed E-state index contributed by atoms with van der Waals surface area (Å²) in [6.07, 6.45) is -0.459. The van der Waals surface area contributed by atoms with Crippen molar-refractivity contribution >= 4 is 53.2 Å². The molecule has 2 saturated heterocycles. The molecule has 2 aliphatic rings. The Bertz CT molecular complexity index is 2410. The average Bonchev–Trinajstić information content (AvgIpc) is 3.90. The van der Waals surface area contributed by atoms with E-state index in [1.54, 1.807) is 84.0 Å². The zero-order valence-electron chi connectivity index (χ0n) is 49.1. The molecular weight excluding hydrogens is 1010 g/mol. The van der Waals surface area contributed by atoms with Gasteiger partial charge >= 0.3 is 5.97 Å². The van der Waals surface area contributed by atoms with Crippen molar-refractivity contribution in [3.8, 4) is 0 Å². The Kier molecular flexibility index (Phi) is 24.0. The molecule has 2 aromatic rings. The summed E-state index contributed by atoms with van der Waals surface area (Å²) in [5, 5.41) is 30.2. The van der Waals surface area contributed by atoms with E-state index in [0.29, 0.717) is 24.0 Å². The van der Waals surface area contributed by atoms with E-state index in [1.807, 2.05) is 32.0 Å². The summed E-state index contributed by atoms with van der Waals surface area (Å²) in [7, 11) is 5.56. The van der Waals surface area contributed by atoms with E-state index in [1.165, 1.54) is 61.6 Å². The molecule has 2 heterocycles. The minimum Gasteiger partial charge on any atom is -0.450 e. The molecule has 0 unspecified atom stereocenters. The van der Waals surface area contributed by atoms with Crippen LogP contribution in [-0.2, 0) is 60.7 Å². The van der Waals surface area contributed by atoms with Gasteiger partial charge in [0, 0.05) is 60.1 Å². The maximum Gasteiger partial charge on any atom is 0.332 e. The molecule has 0 radical (unpaired) electrons. The summed E-state index contributed by atoms with van der Waals surface area (Å²) in [5.74, 6) is -8.62. The van der Waals surface area contributed by atoms with E-state index in [9.17, 15) is 43.8 Å². The molecule has 8 amide bonds. The van der Waals surface area contributed by atoms with E-state index in [-0.39, 0.29) is 57.6 Å².